The first-order chi connectivity index (χ1) is 14.3. The number of carbonyl (C=O) groups excluding carboxylic acids is 1. The molecule has 0 unspecified atom stereocenters. The van der Waals surface area contributed by atoms with Gasteiger partial charge in [-0.05, 0) is 94.1 Å². The summed E-state index contributed by atoms with van der Waals surface area (Å²) in [4.78, 5) is 12.1. The third-order valence-corrected chi connectivity index (χ3v) is 6.29. The highest BCUT2D eigenvalue weighted by Gasteiger charge is 2.10. The largest absolute Gasteiger partial charge is 0.487 e. The monoisotopic (exact) mass is 664 g/mol. The SMILES string of the molecule is Cc1ccc(C(=O)N/N=C/c2cc(I)c(OCc3ccc(Cl)cc3Cl)c(I)c2)cc1. The fourth-order valence-corrected chi connectivity index (χ4v) is 5.11. The standard InChI is InChI=1S/C22H16Cl2I2N2O2/c1-13-2-4-15(5-3-13)22(29)28-27-11-14-8-19(25)21(20(26)9-14)30-12-16-6-7-17(23)10-18(16)24/h2-11H,12H2,1H3,(H,28,29)/b27-11+. The van der Waals surface area contributed by atoms with E-state index < -0.39 is 0 Å². The molecule has 0 heterocycles. The lowest BCUT2D eigenvalue weighted by molar-refractivity contribution is 0.0955. The lowest BCUT2D eigenvalue weighted by Crippen LogP contribution is -2.17. The zero-order valence-corrected chi connectivity index (χ0v) is 21.6. The summed E-state index contributed by atoms with van der Waals surface area (Å²) in [6, 6.07) is 16.5. The second-order valence-corrected chi connectivity index (χ2v) is 9.57. The molecule has 0 radical (unpaired) electrons. The maximum absolute atomic E-state index is 12.1. The van der Waals surface area contributed by atoms with Crippen LogP contribution in [0.1, 0.15) is 27.0 Å². The van der Waals surface area contributed by atoms with Gasteiger partial charge in [-0.1, -0.05) is 47.0 Å². The molecule has 0 saturated carbocycles. The lowest BCUT2D eigenvalue weighted by Gasteiger charge is -2.12. The van der Waals surface area contributed by atoms with Gasteiger partial charge < -0.3 is 4.74 Å². The predicted molar refractivity (Wildman–Crippen MR) is 139 cm³/mol. The Morgan fingerprint density at radius 1 is 1.07 bits per heavy atom. The number of carbonyl (C=O) groups is 1. The van der Waals surface area contributed by atoms with E-state index in [1.165, 1.54) is 0 Å². The summed E-state index contributed by atoms with van der Waals surface area (Å²) >= 11 is 16.6. The van der Waals surface area contributed by atoms with Crippen LogP contribution in [-0.2, 0) is 6.61 Å². The van der Waals surface area contributed by atoms with Crippen molar-refractivity contribution in [2.75, 3.05) is 0 Å². The maximum Gasteiger partial charge on any atom is 0.271 e. The number of nitrogens with one attached hydrogen (secondary N) is 1. The Balaban J connectivity index is 1.65. The van der Waals surface area contributed by atoms with Gasteiger partial charge in [-0.15, -0.1) is 0 Å². The normalized spacial score (nSPS) is 11.0. The van der Waals surface area contributed by atoms with Crippen molar-refractivity contribution in [2.45, 2.75) is 13.5 Å². The van der Waals surface area contributed by atoms with Crippen LogP contribution in [0, 0.1) is 14.1 Å². The number of ether oxygens (including phenoxy) is 1. The Morgan fingerprint density at radius 3 is 2.37 bits per heavy atom. The van der Waals surface area contributed by atoms with Crippen LogP contribution in [0.15, 0.2) is 59.7 Å². The van der Waals surface area contributed by atoms with Gasteiger partial charge in [0, 0.05) is 21.2 Å². The number of nitrogens with zero attached hydrogens (tertiary/aromatic N) is 1. The van der Waals surface area contributed by atoms with Crippen LogP contribution in [0.4, 0.5) is 0 Å². The summed E-state index contributed by atoms with van der Waals surface area (Å²) in [5.74, 6) is 0.512. The Kier molecular flexibility index (Phi) is 8.38. The molecule has 0 saturated heterocycles. The molecular weight excluding hydrogens is 649 g/mol. The molecule has 3 aromatic rings. The highest BCUT2D eigenvalue weighted by Crippen LogP contribution is 2.30. The molecule has 0 aromatic heterocycles. The summed E-state index contributed by atoms with van der Waals surface area (Å²) in [5, 5.41) is 5.22. The van der Waals surface area contributed by atoms with Crippen LogP contribution in [0.5, 0.6) is 5.75 Å². The summed E-state index contributed by atoms with van der Waals surface area (Å²) < 4.78 is 7.84. The topological polar surface area (TPSA) is 50.7 Å². The van der Waals surface area contributed by atoms with E-state index in [1.807, 2.05) is 37.3 Å². The molecule has 0 spiro atoms. The van der Waals surface area contributed by atoms with Gasteiger partial charge in [-0.25, -0.2) is 5.43 Å². The molecule has 1 amide bonds. The second-order valence-electron chi connectivity index (χ2n) is 6.40. The van der Waals surface area contributed by atoms with Gasteiger partial charge in [0.2, 0.25) is 0 Å². The van der Waals surface area contributed by atoms with Gasteiger partial charge in [0.15, 0.2) is 0 Å². The molecule has 4 nitrogen and oxygen atoms in total. The third kappa shape index (κ3) is 6.32. The molecule has 0 atom stereocenters. The van der Waals surface area contributed by atoms with Crippen molar-refractivity contribution in [1.82, 2.24) is 5.43 Å². The number of aryl methyl sites for hydroxylation is 1. The van der Waals surface area contributed by atoms with Gasteiger partial charge in [0.05, 0.1) is 13.4 Å². The molecule has 0 bridgehead atoms. The van der Waals surface area contributed by atoms with Crippen molar-refractivity contribution >= 4 is 80.5 Å². The summed E-state index contributed by atoms with van der Waals surface area (Å²) in [7, 11) is 0. The predicted octanol–water partition coefficient (Wildman–Crippen LogP) is 6.85. The Labute approximate surface area is 212 Å². The maximum atomic E-state index is 12.1. The molecule has 8 heteroatoms. The van der Waals surface area contributed by atoms with Crippen LogP contribution in [-0.4, -0.2) is 12.1 Å². The van der Waals surface area contributed by atoms with Crippen LogP contribution in [0.2, 0.25) is 10.0 Å². The summed E-state index contributed by atoms with van der Waals surface area (Å²) in [6.07, 6.45) is 1.61. The van der Waals surface area contributed by atoms with Gasteiger partial charge in [-0.3, -0.25) is 4.79 Å². The van der Waals surface area contributed by atoms with E-state index in [2.05, 4.69) is 55.7 Å². The van der Waals surface area contributed by atoms with Crippen molar-refractivity contribution in [3.8, 4) is 5.75 Å². The van der Waals surface area contributed by atoms with Crippen molar-refractivity contribution in [1.29, 1.82) is 0 Å². The first kappa shape index (κ1) is 23.3. The molecule has 0 aliphatic rings. The van der Waals surface area contributed by atoms with Crippen LogP contribution < -0.4 is 10.2 Å². The van der Waals surface area contributed by atoms with Crippen LogP contribution >= 0.6 is 68.4 Å². The minimum absolute atomic E-state index is 0.254. The van der Waals surface area contributed by atoms with E-state index in [9.17, 15) is 4.79 Å². The Hall–Kier alpha value is -1.36. The molecule has 30 heavy (non-hydrogen) atoms. The van der Waals surface area contributed by atoms with Crippen LogP contribution in [0.3, 0.4) is 0 Å². The van der Waals surface area contributed by atoms with E-state index in [1.54, 1.807) is 30.5 Å². The molecule has 0 aliphatic heterocycles. The number of amides is 1. The fraction of sp³-hybridized carbons (Fsp3) is 0.0909. The molecule has 0 fully saturated rings. The zero-order valence-electron chi connectivity index (χ0n) is 15.8. The average molecular weight is 665 g/mol. The summed E-state index contributed by atoms with van der Waals surface area (Å²) in [6.45, 7) is 2.31. The Bertz CT molecular complexity index is 1080. The number of rotatable bonds is 6. The average Bonchev–Trinajstić information content (AvgIpc) is 2.69. The first-order valence-corrected chi connectivity index (χ1v) is 11.7. The number of benzene rings is 3. The fourth-order valence-electron chi connectivity index (χ4n) is 2.52. The van der Waals surface area contributed by atoms with E-state index in [4.69, 9.17) is 27.9 Å². The number of halogens is 4. The molecular formula is C22H16Cl2I2N2O2. The van der Waals surface area contributed by atoms with E-state index in [0.717, 1.165) is 29.6 Å². The number of hydrogen-bond donors (Lipinski definition) is 1. The smallest absolute Gasteiger partial charge is 0.271 e. The van der Waals surface area contributed by atoms with Gasteiger partial charge in [0.25, 0.3) is 5.91 Å². The number of hydrazone groups is 1. The highest BCUT2D eigenvalue weighted by molar-refractivity contribution is 14.1. The quantitative estimate of drug-likeness (QED) is 0.178. The van der Waals surface area contributed by atoms with Crippen LogP contribution in [0.25, 0.3) is 0 Å². The minimum Gasteiger partial charge on any atom is -0.487 e. The third-order valence-electron chi connectivity index (χ3n) is 4.10. The van der Waals surface area contributed by atoms with E-state index in [-0.39, 0.29) is 5.91 Å². The van der Waals surface area contributed by atoms with Crippen molar-refractivity contribution in [3.63, 3.8) is 0 Å². The van der Waals surface area contributed by atoms with Crippen molar-refractivity contribution in [3.05, 3.63) is 94.0 Å². The molecule has 3 aromatic carbocycles. The lowest BCUT2D eigenvalue weighted by atomic mass is 10.1. The van der Waals surface area contributed by atoms with Crippen molar-refractivity contribution in [2.24, 2.45) is 5.10 Å². The van der Waals surface area contributed by atoms with Gasteiger partial charge >= 0.3 is 0 Å². The van der Waals surface area contributed by atoms with Gasteiger partial charge in [-0.2, -0.15) is 5.10 Å². The molecule has 0 aliphatic carbocycles. The summed E-state index contributed by atoms with van der Waals surface area (Å²) in [5.41, 5.74) is 5.92. The Morgan fingerprint density at radius 2 is 1.73 bits per heavy atom. The zero-order chi connectivity index (χ0) is 21.7. The molecule has 154 valence electrons. The molecule has 3 rings (SSSR count). The molecule has 1 N–H and O–H groups in total. The van der Waals surface area contributed by atoms with E-state index in [0.29, 0.717) is 22.2 Å². The minimum atomic E-state index is -0.254. The van der Waals surface area contributed by atoms with E-state index >= 15 is 0 Å². The number of hydrogen-bond acceptors (Lipinski definition) is 3. The van der Waals surface area contributed by atoms with Crippen molar-refractivity contribution < 1.29 is 9.53 Å². The van der Waals surface area contributed by atoms with Gasteiger partial charge in [0.1, 0.15) is 12.4 Å². The first-order valence-electron chi connectivity index (χ1n) is 8.79. The highest BCUT2D eigenvalue weighted by atomic mass is 127. The second kappa shape index (κ2) is 10.8.